The summed E-state index contributed by atoms with van der Waals surface area (Å²) in [6.07, 6.45) is -7.45. The van der Waals surface area contributed by atoms with E-state index in [1.165, 1.54) is 0 Å². The number of benzene rings is 1. The van der Waals surface area contributed by atoms with Gasteiger partial charge in [0.15, 0.2) is 0 Å². The highest BCUT2D eigenvalue weighted by Crippen LogP contribution is 2.61. The Labute approximate surface area is 140 Å². The Hall–Kier alpha value is -2.02. The van der Waals surface area contributed by atoms with E-state index < -0.39 is 46.9 Å². The van der Waals surface area contributed by atoms with Gasteiger partial charge >= 0.3 is 35.8 Å². The zero-order valence-electron chi connectivity index (χ0n) is 12.2. The van der Waals surface area contributed by atoms with Gasteiger partial charge in [-0.15, -0.1) is 0 Å². The fourth-order valence-corrected chi connectivity index (χ4v) is 1.72. The van der Waals surface area contributed by atoms with Gasteiger partial charge in [0, 0.05) is 11.1 Å². The first-order valence-electron chi connectivity index (χ1n) is 6.30. The van der Waals surface area contributed by atoms with E-state index in [2.05, 4.69) is 0 Å². The molecule has 0 bridgehead atoms. The zero-order chi connectivity index (χ0) is 21.7. The molecule has 0 saturated heterocycles. The smallest absolute Gasteiger partial charge is 0.298 e. The first-order valence-corrected chi connectivity index (χ1v) is 6.30. The maximum atomic E-state index is 13.7. The maximum Gasteiger partial charge on any atom is 0.460 e. The van der Waals surface area contributed by atoms with Crippen LogP contribution in [-0.4, -0.2) is 36.2 Å². The molecule has 0 aromatic heterocycles. The van der Waals surface area contributed by atoms with Crippen LogP contribution in [0.25, 0.3) is 0 Å². The van der Waals surface area contributed by atoms with Crippen LogP contribution in [0.1, 0.15) is 15.9 Å². The highest BCUT2D eigenvalue weighted by molar-refractivity contribution is 5.74. The summed E-state index contributed by atoms with van der Waals surface area (Å²) in [6.45, 7) is 0. The standard InChI is InChI=1S/C13H5F13O/c14-8(15,7-3-1-6(5-27)2-4-7)9(16,17)10(18,19)11(20,21)12(22,23)13(24,25)26/h1-5H. The lowest BCUT2D eigenvalue weighted by Gasteiger charge is -2.39. The summed E-state index contributed by atoms with van der Waals surface area (Å²) in [5, 5.41) is 0. The molecule has 1 rings (SSSR count). The average molecular weight is 424 g/mol. The van der Waals surface area contributed by atoms with Crippen LogP contribution in [0.15, 0.2) is 24.3 Å². The molecule has 0 aliphatic heterocycles. The van der Waals surface area contributed by atoms with Gasteiger partial charge in [0.1, 0.15) is 6.29 Å². The van der Waals surface area contributed by atoms with Crippen molar-refractivity contribution in [3.8, 4) is 0 Å². The zero-order valence-corrected chi connectivity index (χ0v) is 12.2. The second kappa shape index (κ2) is 6.26. The van der Waals surface area contributed by atoms with E-state index in [1.807, 2.05) is 0 Å². The maximum absolute atomic E-state index is 13.7. The van der Waals surface area contributed by atoms with Gasteiger partial charge < -0.3 is 0 Å². The fraction of sp³-hybridized carbons (Fsp3) is 0.462. The third-order valence-corrected chi connectivity index (χ3v) is 3.34. The van der Waals surface area contributed by atoms with Crippen molar-refractivity contribution in [2.24, 2.45) is 0 Å². The Bertz CT molecular complexity index is 687. The van der Waals surface area contributed by atoms with Gasteiger partial charge in [-0.05, 0) is 0 Å². The molecule has 0 heterocycles. The Balaban J connectivity index is 3.54. The molecule has 154 valence electrons. The van der Waals surface area contributed by atoms with Crippen LogP contribution < -0.4 is 0 Å². The minimum Gasteiger partial charge on any atom is -0.298 e. The average Bonchev–Trinajstić information content (AvgIpc) is 2.53. The lowest BCUT2D eigenvalue weighted by atomic mass is 9.90. The first-order chi connectivity index (χ1) is 11.8. The van der Waals surface area contributed by atoms with Crippen LogP contribution in [0, 0.1) is 0 Å². The van der Waals surface area contributed by atoms with E-state index in [1.54, 1.807) is 0 Å². The Morgan fingerprint density at radius 1 is 0.556 bits per heavy atom. The summed E-state index contributed by atoms with van der Waals surface area (Å²) < 4.78 is 168. The molecular formula is C13H5F13O. The van der Waals surface area contributed by atoms with Crippen molar-refractivity contribution >= 4 is 6.29 Å². The number of aldehydes is 1. The molecule has 0 unspecified atom stereocenters. The van der Waals surface area contributed by atoms with Crippen molar-refractivity contribution in [3.05, 3.63) is 35.4 Å². The lowest BCUT2D eigenvalue weighted by Crippen LogP contribution is -2.69. The van der Waals surface area contributed by atoms with Crippen molar-refractivity contribution in [1.82, 2.24) is 0 Å². The Morgan fingerprint density at radius 2 is 0.926 bits per heavy atom. The summed E-state index contributed by atoms with van der Waals surface area (Å²) in [6, 6.07) is 0.557. The summed E-state index contributed by atoms with van der Waals surface area (Å²) >= 11 is 0. The van der Waals surface area contributed by atoms with Gasteiger partial charge in [0.05, 0.1) is 0 Å². The van der Waals surface area contributed by atoms with Crippen molar-refractivity contribution < 1.29 is 61.9 Å². The van der Waals surface area contributed by atoms with E-state index in [9.17, 15) is 61.9 Å². The molecule has 1 aromatic rings. The molecule has 0 fully saturated rings. The summed E-state index contributed by atoms with van der Waals surface area (Å²) in [7, 11) is 0. The Kier molecular flexibility index (Phi) is 5.34. The van der Waals surface area contributed by atoms with E-state index in [-0.39, 0.29) is 18.4 Å². The molecule has 1 aromatic carbocycles. The van der Waals surface area contributed by atoms with E-state index in [4.69, 9.17) is 0 Å². The molecule has 1 nitrogen and oxygen atoms in total. The molecule has 27 heavy (non-hydrogen) atoms. The monoisotopic (exact) mass is 424 g/mol. The highest BCUT2D eigenvalue weighted by Gasteiger charge is 2.90. The number of halogens is 13. The third-order valence-electron chi connectivity index (χ3n) is 3.34. The van der Waals surface area contributed by atoms with Crippen molar-refractivity contribution in [1.29, 1.82) is 0 Å². The highest BCUT2D eigenvalue weighted by atomic mass is 19.4. The predicted octanol–water partition coefficient (Wildman–Crippen LogP) is 5.69. The van der Waals surface area contributed by atoms with Gasteiger partial charge in [-0.1, -0.05) is 24.3 Å². The molecule has 0 aliphatic rings. The quantitative estimate of drug-likeness (QED) is 0.424. The van der Waals surface area contributed by atoms with E-state index >= 15 is 0 Å². The van der Waals surface area contributed by atoms with Crippen LogP contribution in [-0.2, 0) is 5.92 Å². The fourth-order valence-electron chi connectivity index (χ4n) is 1.72. The lowest BCUT2D eigenvalue weighted by molar-refractivity contribution is -0.441. The number of hydrogen-bond acceptors (Lipinski definition) is 1. The van der Waals surface area contributed by atoms with E-state index in [0.717, 1.165) is 0 Å². The van der Waals surface area contributed by atoms with Gasteiger partial charge in [-0.25, -0.2) is 0 Å². The van der Waals surface area contributed by atoms with Gasteiger partial charge in [-0.3, -0.25) is 4.79 Å². The van der Waals surface area contributed by atoms with E-state index in [0.29, 0.717) is 12.1 Å². The van der Waals surface area contributed by atoms with Gasteiger partial charge in [0.25, 0.3) is 0 Å². The third kappa shape index (κ3) is 3.12. The molecule has 0 saturated carbocycles. The van der Waals surface area contributed by atoms with Crippen molar-refractivity contribution in [2.75, 3.05) is 0 Å². The summed E-state index contributed by atoms with van der Waals surface area (Å²) in [4.78, 5) is 10.3. The summed E-state index contributed by atoms with van der Waals surface area (Å²) in [5.74, 6) is -37.2. The minimum atomic E-state index is -7.94. The van der Waals surface area contributed by atoms with Crippen LogP contribution in [0.4, 0.5) is 57.1 Å². The van der Waals surface area contributed by atoms with Crippen LogP contribution in [0.2, 0.25) is 0 Å². The van der Waals surface area contributed by atoms with Gasteiger partial charge in [0.2, 0.25) is 0 Å². The molecular weight excluding hydrogens is 419 g/mol. The molecule has 0 radical (unpaired) electrons. The van der Waals surface area contributed by atoms with Crippen molar-refractivity contribution in [2.45, 2.75) is 35.8 Å². The number of carbonyl (C=O) groups excluding carboxylic acids is 1. The molecule has 0 spiro atoms. The number of alkyl halides is 13. The van der Waals surface area contributed by atoms with Crippen LogP contribution >= 0.6 is 0 Å². The Morgan fingerprint density at radius 3 is 1.26 bits per heavy atom. The predicted molar refractivity (Wildman–Crippen MR) is 61.6 cm³/mol. The first kappa shape index (κ1) is 23.0. The van der Waals surface area contributed by atoms with Crippen LogP contribution in [0.3, 0.4) is 0 Å². The molecule has 14 heteroatoms. The van der Waals surface area contributed by atoms with Crippen LogP contribution in [0.5, 0.6) is 0 Å². The number of rotatable bonds is 6. The summed E-state index contributed by atoms with van der Waals surface area (Å²) in [5.41, 5.74) is -2.58. The second-order valence-electron chi connectivity index (χ2n) is 5.11. The SMILES string of the molecule is O=Cc1ccc(C(F)(F)C(F)(F)C(F)(F)C(F)(F)C(F)(F)C(F)(F)F)cc1. The second-order valence-corrected chi connectivity index (χ2v) is 5.11. The molecule has 0 aliphatic carbocycles. The van der Waals surface area contributed by atoms with Gasteiger partial charge in [-0.2, -0.15) is 57.1 Å². The normalized spacial score (nSPS) is 15.0. The number of carbonyl (C=O) groups is 1. The molecule has 0 atom stereocenters. The molecule has 0 amide bonds. The topological polar surface area (TPSA) is 17.1 Å². The molecule has 0 N–H and O–H groups in total. The minimum absolute atomic E-state index is 0.00724. The van der Waals surface area contributed by atoms with Crippen molar-refractivity contribution in [3.63, 3.8) is 0 Å². The number of hydrogen-bond donors (Lipinski definition) is 0. The largest absolute Gasteiger partial charge is 0.460 e.